The molecule has 1 aromatic rings. The molecule has 0 radical (unpaired) electrons. The predicted molar refractivity (Wildman–Crippen MR) is 74.7 cm³/mol. The van der Waals surface area contributed by atoms with Crippen LogP contribution in [0.3, 0.4) is 0 Å². The topological polar surface area (TPSA) is 63.2 Å². The highest BCUT2D eigenvalue weighted by Crippen LogP contribution is 2.18. The van der Waals surface area contributed by atoms with Gasteiger partial charge < -0.3 is 15.0 Å². The van der Waals surface area contributed by atoms with Gasteiger partial charge in [0.25, 0.3) is 0 Å². The van der Waals surface area contributed by atoms with Crippen LogP contribution in [0.15, 0.2) is 0 Å². The van der Waals surface area contributed by atoms with Crippen LogP contribution in [0.2, 0.25) is 0 Å². The third-order valence-corrected chi connectivity index (χ3v) is 3.45. The summed E-state index contributed by atoms with van der Waals surface area (Å²) in [5.41, 5.74) is 0. The van der Waals surface area contributed by atoms with E-state index in [9.17, 15) is 0 Å². The Morgan fingerprint density at radius 2 is 2.00 bits per heavy atom. The smallest absolute Gasteiger partial charge is 0.323 e. The fourth-order valence-electron chi connectivity index (χ4n) is 1.68. The van der Waals surface area contributed by atoms with E-state index in [0.29, 0.717) is 24.5 Å². The van der Waals surface area contributed by atoms with Gasteiger partial charge >= 0.3 is 6.01 Å². The molecule has 2 heterocycles. The average Bonchev–Trinajstić information content (AvgIpc) is 2.40. The molecule has 18 heavy (non-hydrogen) atoms. The van der Waals surface area contributed by atoms with E-state index in [1.54, 1.807) is 0 Å². The molecule has 1 aliphatic heterocycles. The molecule has 1 aliphatic rings. The Morgan fingerprint density at radius 3 is 2.67 bits per heavy atom. The van der Waals surface area contributed by atoms with Crippen molar-refractivity contribution in [2.24, 2.45) is 0 Å². The molecule has 0 spiro atoms. The van der Waals surface area contributed by atoms with Crippen molar-refractivity contribution in [3.63, 3.8) is 0 Å². The molecule has 0 aromatic carbocycles. The number of rotatable bonds is 5. The fourth-order valence-corrected chi connectivity index (χ4v) is 2.58. The second kappa shape index (κ2) is 6.63. The number of hydrogen-bond acceptors (Lipinski definition) is 7. The van der Waals surface area contributed by atoms with Gasteiger partial charge in [0.1, 0.15) is 0 Å². The summed E-state index contributed by atoms with van der Waals surface area (Å²) in [6.45, 7) is 7.24. The van der Waals surface area contributed by atoms with E-state index < -0.39 is 0 Å². The van der Waals surface area contributed by atoms with Crippen molar-refractivity contribution in [2.75, 3.05) is 48.0 Å². The lowest BCUT2D eigenvalue weighted by Gasteiger charge is -2.26. The summed E-state index contributed by atoms with van der Waals surface area (Å²) in [6.07, 6.45) is 0. The van der Waals surface area contributed by atoms with Crippen molar-refractivity contribution in [3.05, 3.63) is 0 Å². The normalized spacial score (nSPS) is 15.6. The second-order valence-electron chi connectivity index (χ2n) is 3.80. The van der Waals surface area contributed by atoms with Crippen molar-refractivity contribution >= 4 is 23.7 Å². The Balaban J connectivity index is 2.20. The van der Waals surface area contributed by atoms with Crippen LogP contribution in [-0.2, 0) is 0 Å². The third-order valence-electron chi connectivity index (χ3n) is 2.51. The highest BCUT2D eigenvalue weighted by molar-refractivity contribution is 7.99. The molecular formula is C11H19N5OS. The predicted octanol–water partition coefficient (Wildman–Crippen LogP) is 1.26. The third kappa shape index (κ3) is 3.38. The average molecular weight is 269 g/mol. The largest absolute Gasteiger partial charge is 0.464 e. The lowest BCUT2D eigenvalue weighted by atomic mass is 10.5. The number of hydrogen-bond donors (Lipinski definition) is 1. The maximum absolute atomic E-state index is 5.39. The maximum atomic E-state index is 5.39. The standard InChI is InChI=1S/C11H19N5OS/c1-3-12-9-13-10(15-11(14-9)17-4-2)16-5-7-18-8-6-16/h3-8H2,1-2H3,(H,12,13,14,15). The molecule has 2 rings (SSSR count). The van der Waals surface area contributed by atoms with E-state index in [4.69, 9.17) is 4.74 Å². The Kier molecular flexibility index (Phi) is 4.86. The zero-order valence-corrected chi connectivity index (χ0v) is 11.7. The van der Waals surface area contributed by atoms with Gasteiger partial charge in [0, 0.05) is 31.1 Å². The molecule has 1 aromatic heterocycles. The number of thioether (sulfide) groups is 1. The number of nitrogens with zero attached hydrogens (tertiary/aromatic N) is 4. The first-order valence-corrected chi connectivity index (χ1v) is 7.44. The van der Waals surface area contributed by atoms with Crippen LogP contribution in [0.1, 0.15) is 13.8 Å². The van der Waals surface area contributed by atoms with E-state index in [2.05, 4.69) is 25.2 Å². The number of ether oxygens (including phenoxy) is 1. The Labute approximate surface area is 112 Å². The van der Waals surface area contributed by atoms with Crippen LogP contribution >= 0.6 is 11.8 Å². The summed E-state index contributed by atoms with van der Waals surface area (Å²) in [5, 5.41) is 3.11. The first-order valence-electron chi connectivity index (χ1n) is 6.29. The van der Waals surface area contributed by atoms with E-state index in [0.717, 1.165) is 31.1 Å². The molecule has 100 valence electrons. The van der Waals surface area contributed by atoms with Gasteiger partial charge in [-0.25, -0.2) is 0 Å². The Morgan fingerprint density at radius 1 is 1.22 bits per heavy atom. The summed E-state index contributed by atoms with van der Waals surface area (Å²) < 4.78 is 5.39. The summed E-state index contributed by atoms with van der Waals surface area (Å²) in [7, 11) is 0. The van der Waals surface area contributed by atoms with Gasteiger partial charge in [-0.2, -0.15) is 26.7 Å². The van der Waals surface area contributed by atoms with E-state index >= 15 is 0 Å². The van der Waals surface area contributed by atoms with E-state index in [-0.39, 0.29) is 0 Å². The quantitative estimate of drug-likeness (QED) is 0.863. The van der Waals surface area contributed by atoms with Crippen LogP contribution in [0.25, 0.3) is 0 Å². The molecule has 0 unspecified atom stereocenters. The van der Waals surface area contributed by atoms with Crippen molar-refractivity contribution in [2.45, 2.75) is 13.8 Å². The van der Waals surface area contributed by atoms with Crippen LogP contribution < -0.4 is 15.0 Å². The van der Waals surface area contributed by atoms with Gasteiger partial charge in [-0.05, 0) is 13.8 Å². The van der Waals surface area contributed by atoms with Crippen molar-refractivity contribution in [1.82, 2.24) is 15.0 Å². The molecule has 1 N–H and O–H groups in total. The molecule has 1 fully saturated rings. The van der Waals surface area contributed by atoms with Crippen molar-refractivity contribution in [1.29, 1.82) is 0 Å². The first kappa shape index (κ1) is 13.2. The second-order valence-corrected chi connectivity index (χ2v) is 5.03. The zero-order valence-electron chi connectivity index (χ0n) is 10.8. The summed E-state index contributed by atoms with van der Waals surface area (Å²) in [4.78, 5) is 15.2. The van der Waals surface area contributed by atoms with Gasteiger partial charge in [-0.15, -0.1) is 0 Å². The summed E-state index contributed by atoms with van der Waals surface area (Å²) >= 11 is 1.96. The van der Waals surface area contributed by atoms with Gasteiger partial charge in [0.15, 0.2) is 0 Å². The van der Waals surface area contributed by atoms with Crippen molar-refractivity contribution in [3.8, 4) is 6.01 Å². The van der Waals surface area contributed by atoms with Crippen LogP contribution in [0.5, 0.6) is 6.01 Å². The maximum Gasteiger partial charge on any atom is 0.323 e. The Bertz CT molecular complexity index is 359. The van der Waals surface area contributed by atoms with Gasteiger partial charge in [0.05, 0.1) is 6.61 Å². The van der Waals surface area contributed by atoms with Gasteiger partial charge in [0.2, 0.25) is 11.9 Å². The van der Waals surface area contributed by atoms with Crippen molar-refractivity contribution < 1.29 is 4.74 Å². The minimum Gasteiger partial charge on any atom is -0.464 e. The van der Waals surface area contributed by atoms with E-state index in [1.165, 1.54) is 0 Å². The van der Waals surface area contributed by atoms with Gasteiger partial charge in [-0.1, -0.05) is 0 Å². The van der Waals surface area contributed by atoms with Crippen LogP contribution in [-0.4, -0.2) is 52.7 Å². The lowest BCUT2D eigenvalue weighted by molar-refractivity contribution is 0.312. The lowest BCUT2D eigenvalue weighted by Crippen LogP contribution is -2.34. The zero-order chi connectivity index (χ0) is 12.8. The molecule has 0 bridgehead atoms. The van der Waals surface area contributed by atoms with Crippen LogP contribution in [0.4, 0.5) is 11.9 Å². The van der Waals surface area contributed by atoms with E-state index in [1.807, 2.05) is 25.6 Å². The Hall–Kier alpha value is -1.24. The minimum atomic E-state index is 0.400. The van der Waals surface area contributed by atoms with Gasteiger partial charge in [-0.3, -0.25) is 0 Å². The molecule has 7 heteroatoms. The molecule has 1 saturated heterocycles. The monoisotopic (exact) mass is 269 g/mol. The SMILES string of the molecule is CCNc1nc(OCC)nc(N2CCSCC2)n1. The molecule has 6 nitrogen and oxygen atoms in total. The molecular weight excluding hydrogens is 250 g/mol. The molecule has 0 saturated carbocycles. The fraction of sp³-hybridized carbons (Fsp3) is 0.727. The molecule has 0 amide bonds. The highest BCUT2D eigenvalue weighted by atomic mass is 32.2. The van der Waals surface area contributed by atoms with Crippen LogP contribution in [0, 0.1) is 0 Å². The number of aromatic nitrogens is 3. The summed E-state index contributed by atoms with van der Waals surface area (Å²) in [5.74, 6) is 3.53. The summed E-state index contributed by atoms with van der Waals surface area (Å²) in [6, 6.07) is 0.400. The minimum absolute atomic E-state index is 0.400. The molecule has 0 aliphatic carbocycles. The first-order chi connectivity index (χ1) is 8.83. The highest BCUT2D eigenvalue weighted by Gasteiger charge is 2.16. The number of nitrogens with one attached hydrogen (secondary N) is 1. The molecule has 0 atom stereocenters. The number of anilines is 2.